The number of hydrogen-bond donors (Lipinski definition) is 0. The Morgan fingerprint density at radius 1 is 1.38 bits per heavy atom. The first-order valence-corrected chi connectivity index (χ1v) is 5.28. The van der Waals surface area contributed by atoms with Gasteiger partial charge in [-0.2, -0.15) is 0 Å². The first-order chi connectivity index (χ1) is 7.22. The highest BCUT2D eigenvalue weighted by molar-refractivity contribution is 6.00. The van der Waals surface area contributed by atoms with Crippen molar-refractivity contribution in [2.75, 3.05) is 0 Å². The molecule has 1 atom stereocenters. The summed E-state index contributed by atoms with van der Waals surface area (Å²) in [5, 5.41) is 0. The molecule has 16 heavy (non-hydrogen) atoms. The van der Waals surface area contributed by atoms with Crippen LogP contribution < -0.4 is 0 Å². The van der Waals surface area contributed by atoms with E-state index in [4.69, 9.17) is 4.74 Å². The summed E-state index contributed by atoms with van der Waals surface area (Å²) in [5.74, 6) is -0.522. The highest BCUT2D eigenvalue weighted by Crippen LogP contribution is 2.22. The Morgan fingerprint density at radius 2 is 1.94 bits per heavy atom. The Kier molecular flexibility index (Phi) is 3.35. The fraction of sp³-hybridized carbons (Fsp3) is 0.727. The number of amides is 2. The molecule has 5 nitrogen and oxygen atoms in total. The van der Waals surface area contributed by atoms with Gasteiger partial charge in [0.25, 0.3) is 0 Å². The Labute approximate surface area is 94.7 Å². The van der Waals surface area contributed by atoms with E-state index in [1.165, 1.54) is 6.92 Å². The van der Waals surface area contributed by atoms with Crippen molar-refractivity contribution >= 4 is 17.8 Å². The number of nitrogens with zero attached hydrogens (tertiary/aromatic N) is 1. The van der Waals surface area contributed by atoms with E-state index in [0.29, 0.717) is 6.42 Å². The fourth-order valence-electron chi connectivity index (χ4n) is 1.61. The summed E-state index contributed by atoms with van der Waals surface area (Å²) in [5.41, 5.74) is -0.665. The van der Waals surface area contributed by atoms with Gasteiger partial charge in [0.15, 0.2) is 5.78 Å². The van der Waals surface area contributed by atoms with Gasteiger partial charge in [-0.15, -0.1) is 0 Å². The Hall–Kier alpha value is -1.39. The van der Waals surface area contributed by atoms with E-state index in [1.807, 2.05) is 0 Å². The molecule has 90 valence electrons. The van der Waals surface area contributed by atoms with Crippen molar-refractivity contribution in [3.05, 3.63) is 0 Å². The van der Waals surface area contributed by atoms with Crippen molar-refractivity contribution in [2.45, 2.75) is 52.2 Å². The molecule has 0 aromatic heterocycles. The highest BCUT2D eigenvalue weighted by atomic mass is 16.6. The molecule has 0 N–H and O–H groups in total. The number of ether oxygens (including phenoxy) is 1. The van der Waals surface area contributed by atoms with Gasteiger partial charge in [-0.25, -0.2) is 9.69 Å². The maximum atomic E-state index is 11.7. The number of Topliss-reactive ketones (excluding diaryl/α,β-unsaturated/α-hetero) is 1. The topological polar surface area (TPSA) is 63.7 Å². The second-order valence-corrected chi connectivity index (χ2v) is 4.91. The second kappa shape index (κ2) is 4.23. The molecule has 1 saturated heterocycles. The van der Waals surface area contributed by atoms with Crippen LogP contribution in [0.4, 0.5) is 4.79 Å². The predicted octanol–water partition coefficient (Wildman–Crippen LogP) is 1.50. The average Bonchev–Trinajstić information content (AvgIpc) is 2.43. The smallest absolute Gasteiger partial charge is 0.417 e. The molecule has 0 aromatic carbocycles. The van der Waals surface area contributed by atoms with Crippen LogP contribution in [0.25, 0.3) is 0 Å². The normalized spacial score (nSPS) is 21.1. The molecular weight excluding hydrogens is 210 g/mol. The number of imide groups is 1. The van der Waals surface area contributed by atoms with E-state index in [2.05, 4.69) is 0 Å². The van der Waals surface area contributed by atoms with Crippen LogP contribution in [0.1, 0.15) is 40.5 Å². The van der Waals surface area contributed by atoms with Gasteiger partial charge in [0.2, 0.25) is 5.91 Å². The van der Waals surface area contributed by atoms with Gasteiger partial charge in [-0.1, -0.05) is 0 Å². The number of likely N-dealkylation sites (tertiary alicyclic amines) is 1. The Morgan fingerprint density at radius 3 is 2.38 bits per heavy atom. The molecule has 0 spiro atoms. The molecule has 0 bridgehead atoms. The third-order valence-electron chi connectivity index (χ3n) is 2.27. The number of ketones is 1. The van der Waals surface area contributed by atoms with Crippen molar-refractivity contribution in [3.63, 3.8) is 0 Å². The first kappa shape index (κ1) is 12.7. The molecule has 0 aliphatic carbocycles. The quantitative estimate of drug-likeness (QED) is 0.681. The van der Waals surface area contributed by atoms with Crippen LogP contribution in [0, 0.1) is 0 Å². The maximum Gasteiger partial charge on any atom is 0.417 e. The van der Waals surface area contributed by atoms with Crippen LogP contribution in [0.3, 0.4) is 0 Å². The van der Waals surface area contributed by atoms with Gasteiger partial charge in [0.1, 0.15) is 11.6 Å². The van der Waals surface area contributed by atoms with Crippen molar-refractivity contribution in [1.82, 2.24) is 4.90 Å². The van der Waals surface area contributed by atoms with Crippen LogP contribution in [0.5, 0.6) is 0 Å². The molecule has 0 unspecified atom stereocenters. The molecule has 5 heteroatoms. The van der Waals surface area contributed by atoms with E-state index < -0.39 is 17.7 Å². The summed E-state index contributed by atoms with van der Waals surface area (Å²) in [6.45, 7) is 6.53. The van der Waals surface area contributed by atoms with Crippen molar-refractivity contribution < 1.29 is 19.1 Å². The lowest BCUT2D eigenvalue weighted by Crippen LogP contribution is -2.44. The molecule has 2 amide bonds. The van der Waals surface area contributed by atoms with E-state index in [1.54, 1.807) is 20.8 Å². The molecule has 0 saturated carbocycles. The number of rotatable bonds is 1. The third-order valence-corrected chi connectivity index (χ3v) is 2.27. The maximum absolute atomic E-state index is 11.7. The van der Waals surface area contributed by atoms with Crippen LogP contribution in [0.15, 0.2) is 0 Å². The second-order valence-electron chi connectivity index (χ2n) is 4.91. The monoisotopic (exact) mass is 227 g/mol. The number of hydrogen-bond acceptors (Lipinski definition) is 4. The van der Waals surface area contributed by atoms with Crippen LogP contribution in [0.2, 0.25) is 0 Å². The summed E-state index contributed by atoms with van der Waals surface area (Å²) in [4.78, 5) is 35.4. The van der Waals surface area contributed by atoms with E-state index in [9.17, 15) is 14.4 Å². The Balaban J connectivity index is 2.80. The van der Waals surface area contributed by atoms with Gasteiger partial charge >= 0.3 is 6.09 Å². The number of carbonyl (C=O) groups is 3. The molecule has 1 heterocycles. The fourth-order valence-corrected chi connectivity index (χ4v) is 1.61. The minimum Gasteiger partial charge on any atom is -0.443 e. The van der Waals surface area contributed by atoms with E-state index in [0.717, 1.165) is 4.90 Å². The molecule has 0 radical (unpaired) electrons. The SMILES string of the molecule is CC(=O)[C@@H]1CCC(=O)N1C(=O)OC(C)(C)C. The highest BCUT2D eigenvalue weighted by Gasteiger charge is 2.40. The molecule has 1 rings (SSSR count). The van der Waals surface area contributed by atoms with Crippen molar-refractivity contribution in [2.24, 2.45) is 0 Å². The lowest BCUT2D eigenvalue weighted by Gasteiger charge is -2.26. The van der Waals surface area contributed by atoms with Gasteiger partial charge in [0, 0.05) is 6.42 Å². The molecule has 1 aliphatic heterocycles. The lowest BCUT2D eigenvalue weighted by atomic mass is 10.1. The first-order valence-electron chi connectivity index (χ1n) is 5.28. The summed E-state index contributed by atoms with van der Waals surface area (Å²) in [6, 6.07) is -0.651. The zero-order chi connectivity index (χ0) is 12.5. The molecule has 1 fully saturated rings. The largest absolute Gasteiger partial charge is 0.443 e. The van der Waals surface area contributed by atoms with Crippen LogP contribution >= 0.6 is 0 Å². The van der Waals surface area contributed by atoms with Crippen LogP contribution in [-0.4, -0.2) is 34.3 Å². The minimum absolute atomic E-state index is 0.184. The molecular formula is C11H17NO4. The average molecular weight is 227 g/mol. The molecule has 0 aromatic rings. The van der Waals surface area contributed by atoms with Crippen LogP contribution in [-0.2, 0) is 14.3 Å². The van der Waals surface area contributed by atoms with E-state index in [-0.39, 0.29) is 18.1 Å². The molecule has 1 aliphatic rings. The number of carbonyl (C=O) groups excluding carboxylic acids is 3. The predicted molar refractivity (Wildman–Crippen MR) is 56.8 cm³/mol. The summed E-state index contributed by atoms with van der Waals surface area (Å²) >= 11 is 0. The minimum atomic E-state index is -0.727. The standard InChI is InChI=1S/C11H17NO4/c1-7(13)8-5-6-9(14)12(8)10(15)16-11(2,3)4/h8H,5-6H2,1-4H3/t8-/m0/s1. The van der Waals surface area contributed by atoms with E-state index >= 15 is 0 Å². The summed E-state index contributed by atoms with van der Waals surface area (Å²) in [6.07, 6.45) is -0.105. The summed E-state index contributed by atoms with van der Waals surface area (Å²) in [7, 11) is 0. The van der Waals surface area contributed by atoms with Crippen molar-refractivity contribution in [3.8, 4) is 0 Å². The van der Waals surface area contributed by atoms with Crippen molar-refractivity contribution in [1.29, 1.82) is 0 Å². The zero-order valence-corrected chi connectivity index (χ0v) is 10.1. The zero-order valence-electron chi connectivity index (χ0n) is 10.1. The van der Waals surface area contributed by atoms with Gasteiger partial charge in [0.05, 0.1) is 0 Å². The lowest BCUT2D eigenvalue weighted by molar-refractivity contribution is -0.132. The van der Waals surface area contributed by atoms with Gasteiger partial charge in [-0.05, 0) is 34.1 Å². The Bertz CT molecular complexity index is 329. The van der Waals surface area contributed by atoms with Gasteiger partial charge in [-0.3, -0.25) is 9.59 Å². The van der Waals surface area contributed by atoms with Gasteiger partial charge < -0.3 is 4.74 Å². The summed E-state index contributed by atoms with van der Waals surface area (Å²) < 4.78 is 5.09. The third kappa shape index (κ3) is 2.81.